The molecule has 2 aromatic heterocycles. The fourth-order valence-corrected chi connectivity index (χ4v) is 1.20. The van der Waals surface area contributed by atoms with E-state index >= 15 is 0 Å². The predicted molar refractivity (Wildman–Crippen MR) is 54.8 cm³/mol. The van der Waals surface area contributed by atoms with Crippen LogP contribution in [-0.4, -0.2) is 14.5 Å². The Morgan fingerprint density at radius 3 is 2.86 bits per heavy atom. The molecule has 1 N–H and O–H groups in total. The first-order valence-electron chi connectivity index (χ1n) is 4.47. The summed E-state index contributed by atoms with van der Waals surface area (Å²) in [6, 6.07) is 5.78. The lowest BCUT2D eigenvalue weighted by Gasteiger charge is -2.04. The zero-order valence-corrected chi connectivity index (χ0v) is 8.01. The maximum absolute atomic E-state index is 4.20. The molecule has 0 spiro atoms. The fraction of sp³-hybridized carbons (Fsp3) is 0.200. The zero-order chi connectivity index (χ0) is 9.80. The number of hydrogen-bond donors (Lipinski definition) is 1. The van der Waals surface area contributed by atoms with Crippen LogP contribution >= 0.6 is 0 Å². The Balaban J connectivity index is 1.99. The Bertz CT molecular complexity index is 394. The van der Waals surface area contributed by atoms with Gasteiger partial charge in [-0.2, -0.15) is 0 Å². The van der Waals surface area contributed by atoms with Crippen molar-refractivity contribution in [1.29, 1.82) is 0 Å². The first kappa shape index (κ1) is 8.74. The molecule has 72 valence electrons. The second-order valence-electron chi connectivity index (χ2n) is 3.02. The van der Waals surface area contributed by atoms with Gasteiger partial charge in [-0.05, 0) is 12.1 Å². The maximum Gasteiger partial charge on any atom is 0.127 e. The van der Waals surface area contributed by atoms with Crippen molar-refractivity contribution >= 4 is 5.82 Å². The summed E-state index contributed by atoms with van der Waals surface area (Å²) in [4.78, 5) is 8.36. The average Bonchev–Trinajstić information content (AvgIpc) is 2.63. The van der Waals surface area contributed by atoms with Gasteiger partial charge in [-0.25, -0.2) is 9.97 Å². The molecule has 4 heteroatoms. The number of rotatable bonds is 3. The number of nitrogens with zero attached hydrogens (tertiary/aromatic N) is 3. The van der Waals surface area contributed by atoms with Crippen molar-refractivity contribution in [2.75, 3.05) is 5.32 Å². The molecule has 14 heavy (non-hydrogen) atoms. The van der Waals surface area contributed by atoms with Gasteiger partial charge in [-0.3, -0.25) is 0 Å². The fourth-order valence-electron chi connectivity index (χ4n) is 1.20. The Labute approximate surface area is 82.6 Å². The van der Waals surface area contributed by atoms with Crippen molar-refractivity contribution in [3.8, 4) is 0 Å². The molecule has 4 nitrogen and oxygen atoms in total. The van der Waals surface area contributed by atoms with Crippen molar-refractivity contribution < 1.29 is 0 Å². The molecule has 0 aliphatic rings. The lowest BCUT2D eigenvalue weighted by atomic mass is 10.4. The third-order valence-corrected chi connectivity index (χ3v) is 2.01. The highest BCUT2D eigenvalue weighted by molar-refractivity contribution is 5.33. The van der Waals surface area contributed by atoms with Gasteiger partial charge in [0.15, 0.2) is 0 Å². The molecular weight excluding hydrogens is 176 g/mol. The summed E-state index contributed by atoms with van der Waals surface area (Å²) >= 11 is 0. The van der Waals surface area contributed by atoms with E-state index in [1.807, 2.05) is 36.0 Å². The van der Waals surface area contributed by atoms with E-state index in [-0.39, 0.29) is 0 Å². The number of nitrogens with one attached hydrogen (secondary N) is 1. The number of imidazole rings is 1. The Hall–Kier alpha value is -1.84. The molecule has 2 heterocycles. The quantitative estimate of drug-likeness (QED) is 0.792. The maximum atomic E-state index is 4.20. The number of pyridine rings is 1. The molecule has 0 atom stereocenters. The minimum atomic E-state index is 0.695. The molecule has 0 amide bonds. The molecule has 0 saturated heterocycles. The normalized spacial score (nSPS) is 10.1. The van der Waals surface area contributed by atoms with Crippen LogP contribution in [0.3, 0.4) is 0 Å². The highest BCUT2D eigenvalue weighted by Crippen LogP contribution is 2.02. The number of hydrogen-bond acceptors (Lipinski definition) is 3. The summed E-state index contributed by atoms with van der Waals surface area (Å²) < 4.78 is 1.98. The first-order chi connectivity index (χ1) is 6.86. The molecule has 0 bridgehead atoms. The average molecular weight is 188 g/mol. The molecular formula is C10H12N4. The lowest BCUT2D eigenvalue weighted by molar-refractivity contribution is 0.811. The summed E-state index contributed by atoms with van der Waals surface area (Å²) in [5, 5.41) is 3.19. The van der Waals surface area contributed by atoms with Crippen LogP contribution in [0.5, 0.6) is 0 Å². The summed E-state index contributed by atoms with van der Waals surface area (Å²) in [5.41, 5.74) is 0. The Kier molecular flexibility index (Phi) is 2.44. The summed E-state index contributed by atoms with van der Waals surface area (Å²) in [7, 11) is 1.97. The van der Waals surface area contributed by atoms with E-state index in [2.05, 4.69) is 15.3 Å². The van der Waals surface area contributed by atoms with Crippen molar-refractivity contribution in [3.63, 3.8) is 0 Å². The van der Waals surface area contributed by atoms with E-state index in [1.165, 1.54) is 0 Å². The van der Waals surface area contributed by atoms with Gasteiger partial charge in [0.2, 0.25) is 0 Å². The van der Waals surface area contributed by atoms with Crippen LogP contribution < -0.4 is 5.32 Å². The van der Waals surface area contributed by atoms with Gasteiger partial charge in [-0.1, -0.05) is 6.07 Å². The van der Waals surface area contributed by atoms with Crippen LogP contribution in [0.15, 0.2) is 36.8 Å². The largest absolute Gasteiger partial charge is 0.363 e. The SMILES string of the molecule is Cn1ccnc1CNc1ccccn1. The van der Waals surface area contributed by atoms with E-state index in [0.29, 0.717) is 6.54 Å². The number of aryl methyl sites for hydroxylation is 1. The highest BCUT2D eigenvalue weighted by atomic mass is 15.1. The molecule has 0 unspecified atom stereocenters. The van der Waals surface area contributed by atoms with Gasteiger partial charge in [-0.15, -0.1) is 0 Å². The molecule has 0 saturated carbocycles. The third-order valence-electron chi connectivity index (χ3n) is 2.01. The van der Waals surface area contributed by atoms with Gasteiger partial charge in [0, 0.05) is 25.6 Å². The van der Waals surface area contributed by atoms with Gasteiger partial charge in [0.25, 0.3) is 0 Å². The second-order valence-corrected chi connectivity index (χ2v) is 3.02. The van der Waals surface area contributed by atoms with Crippen molar-refractivity contribution in [3.05, 3.63) is 42.6 Å². The summed E-state index contributed by atoms with van der Waals surface area (Å²) in [6.07, 6.45) is 5.48. The van der Waals surface area contributed by atoms with E-state index in [1.54, 1.807) is 12.4 Å². The van der Waals surface area contributed by atoms with E-state index in [0.717, 1.165) is 11.6 Å². The van der Waals surface area contributed by atoms with Crippen LogP contribution in [0.4, 0.5) is 5.82 Å². The monoisotopic (exact) mass is 188 g/mol. The van der Waals surface area contributed by atoms with Gasteiger partial charge in [0.05, 0.1) is 6.54 Å². The van der Waals surface area contributed by atoms with E-state index in [4.69, 9.17) is 0 Å². The minimum Gasteiger partial charge on any atom is -0.363 e. The molecule has 0 aliphatic heterocycles. The Morgan fingerprint density at radius 1 is 1.29 bits per heavy atom. The van der Waals surface area contributed by atoms with Gasteiger partial charge < -0.3 is 9.88 Å². The van der Waals surface area contributed by atoms with Gasteiger partial charge >= 0.3 is 0 Å². The molecule has 0 aliphatic carbocycles. The van der Waals surface area contributed by atoms with Crippen molar-refractivity contribution in [2.45, 2.75) is 6.54 Å². The second kappa shape index (κ2) is 3.91. The topological polar surface area (TPSA) is 42.7 Å². The third kappa shape index (κ3) is 1.90. The Morgan fingerprint density at radius 2 is 2.21 bits per heavy atom. The lowest BCUT2D eigenvalue weighted by Crippen LogP contribution is -2.06. The summed E-state index contributed by atoms with van der Waals surface area (Å²) in [6.45, 7) is 0.695. The smallest absolute Gasteiger partial charge is 0.127 e. The standard InChI is InChI=1S/C10H12N4/c1-14-7-6-12-10(14)8-13-9-4-2-3-5-11-9/h2-7H,8H2,1H3,(H,11,13). The van der Waals surface area contributed by atoms with Crippen LogP contribution in [0, 0.1) is 0 Å². The summed E-state index contributed by atoms with van der Waals surface area (Å²) in [5.74, 6) is 1.87. The van der Waals surface area contributed by atoms with E-state index in [9.17, 15) is 0 Å². The molecule has 2 aromatic rings. The van der Waals surface area contributed by atoms with E-state index < -0.39 is 0 Å². The minimum absolute atomic E-state index is 0.695. The number of anilines is 1. The molecule has 2 rings (SSSR count). The van der Waals surface area contributed by atoms with Crippen LogP contribution in [0.25, 0.3) is 0 Å². The van der Waals surface area contributed by atoms with Gasteiger partial charge in [0.1, 0.15) is 11.6 Å². The number of aromatic nitrogens is 3. The van der Waals surface area contributed by atoms with Crippen molar-refractivity contribution in [2.24, 2.45) is 7.05 Å². The molecule has 0 fully saturated rings. The highest BCUT2D eigenvalue weighted by Gasteiger charge is 1.98. The first-order valence-corrected chi connectivity index (χ1v) is 4.47. The zero-order valence-electron chi connectivity index (χ0n) is 8.01. The van der Waals surface area contributed by atoms with Crippen LogP contribution in [0.1, 0.15) is 5.82 Å². The molecule has 0 aromatic carbocycles. The molecule has 0 radical (unpaired) electrons. The van der Waals surface area contributed by atoms with Crippen LogP contribution in [-0.2, 0) is 13.6 Å². The van der Waals surface area contributed by atoms with Crippen LogP contribution in [0.2, 0.25) is 0 Å². The van der Waals surface area contributed by atoms with Crippen molar-refractivity contribution in [1.82, 2.24) is 14.5 Å². The predicted octanol–water partition coefficient (Wildman–Crippen LogP) is 1.43.